The van der Waals surface area contributed by atoms with Gasteiger partial charge in [0.25, 0.3) is 0 Å². The van der Waals surface area contributed by atoms with E-state index in [9.17, 15) is 14.0 Å². The molecule has 2 aromatic rings. The third-order valence-corrected chi connectivity index (χ3v) is 2.94. The predicted octanol–water partition coefficient (Wildman–Crippen LogP) is 0.722. The summed E-state index contributed by atoms with van der Waals surface area (Å²) in [6.07, 6.45) is 2.11. The van der Waals surface area contributed by atoms with Crippen LogP contribution in [0.3, 0.4) is 0 Å². The maximum Gasteiger partial charge on any atom is 0.345 e. The molecule has 1 aromatic heterocycles. The van der Waals surface area contributed by atoms with Crippen LogP contribution < -0.4 is 16.7 Å². The third kappa shape index (κ3) is 3.68. The lowest BCUT2D eigenvalue weighted by molar-refractivity contribution is -0.116. The zero-order valence-electron chi connectivity index (χ0n) is 11.5. The van der Waals surface area contributed by atoms with E-state index >= 15 is 0 Å². The van der Waals surface area contributed by atoms with Crippen LogP contribution in [0.25, 0.3) is 0 Å². The lowest BCUT2D eigenvalue weighted by Crippen LogP contribution is -2.23. The van der Waals surface area contributed by atoms with Crippen molar-refractivity contribution in [2.75, 3.05) is 11.1 Å². The summed E-state index contributed by atoms with van der Waals surface area (Å²) in [6, 6.07) is 3.99. The summed E-state index contributed by atoms with van der Waals surface area (Å²) in [6.45, 7) is 0.360. The van der Waals surface area contributed by atoms with Gasteiger partial charge >= 0.3 is 5.69 Å². The fourth-order valence-electron chi connectivity index (χ4n) is 1.81. The van der Waals surface area contributed by atoms with Crippen LogP contribution in [-0.4, -0.2) is 20.3 Å². The second-order valence-electron chi connectivity index (χ2n) is 4.64. The number of aromatic nitrogens is 3. The Bertz CT molecular complexity index is 707. The predicted molar refractivity (Wildman–Crippen MR) is 76.1 cm³/mol. The maximum atomic E-state index is 13.0. The van der Waals surface area contributed by atoms with E-state index < -0.39 is 5.82 Å². The number of hydrogen-bond donors (Lipinski definition) is 2. The van der Waals surface area contributed by atoms with E-state index in [-0.39, 0.29) is 23.7 Å². The SMILES string of the molecule is Cn1cnn(CCCC(=O)Nc2ccc(F)c(N)c2)c1=O. The highest BCUT2D eigenvalue weighted by atomic mass is 19.1. The zero-order chi connectivity index (χ0) is 15.4. The molecule has 0 unspecified atom stereocenters. The molecule has 1 heterocycles. The Labute approximate surface area is 120 Å². The molecule has 8 heteroatoms. The topological polar surface area (TPSA) is 94.9 Å². The summed E-state index contributed by atoms with van der Waals surface area (Å²) in [5.41, 5.74) is 5.61. The van der Waals surface area contributed by atoms with E-state index in [4.69, 9.17) is 5.73 Å². The van der Waals surface area contributed by atoms with Gasteiger partial charge in [0.2, 0.25) is 5.91 Å². The maximum absolute atomic E-state index is 13.0. The van der Waals surface area contributed by atoms with Gasteiger partial charge in [-0.15, -0.1) is 0 Å². The van der Waals surface area contributed by atoms with Crippen molar-refractivity contribution in [1.29, 1.82) is 0 Å². The van der Waals surface area contributed by atoms with Crippen LogP contribution in [0.1, 0.15) is 12.8 Å². The molecule has 0 bridgehead atoms. The highest BCUT2D eigenvalue weighted by Gasteiger charge is 2.06. The number of halogens is 1. The Balaban J connectivity index is 1.83. The van der Waals surface area contributed by atoms with E-state index in [2.05, 4.69) is 10.4 Å². The first-order chi connectivity index (χ1) is 9.97. The number of nitrogens with two attached hydrogens (primary N) is 1. The van der Waals surface area contributed by atoms with Crippen LogP contribution >= 0.6 is 0 Å². The first-order valence-electron chi connectivity index (χ1n) is 6.40. The van der Waals surface area contributed by atoms with E-state index in [0.29, 0.717) is 18.7 Å². The van der Waals surface area contributed by atoms with Crippen molar-refractivity contribution in [3.05, 3.63) is 40.8 Å². The van der Waals surface area contributed by atoms with Gasteiger partial charge in [0.15, 0.2) is 0 Å². The Kier molecular flexibility index (Phi) is 4.36. The van der Waals surface area contributed by atoms with Crippen molar-refractivity contribution < 1.29 is 9.18 Å². The zero-order valence-corrected chi connectivity index (χ0v) is 11.5. The number of nitrogens with zero attached hydrogens (tertiary/aromatic N) is 3. The van der Waals surface area contributed by atoms with Gasteiger partial charge in [-0.05, 0) is 24.6 Å². The molecule has 1 aromatic carbocycles. The number of aryl methyl sites for hydroxylation is 2. The van der Waals surface area contributed by atoms with Crippen molar-refractivity contribution >= 4 is 17.3 Å². The summed E-state index contributed by atoms with van der Waals surface area (Å²) in [5, 5.41) is 6.51. The summed E-state index contributed by atoms with van der Waals surface area (Å²) in [4.78, 5) is 23.2. The molecule has 2 rings (SSSR count). The number of hydrogen-bond acceptors (Lipinski definition) is 4. The molecule has 3 N–H and O–H groups in total. The van der Waals surface area contributed by atoms with Crippen LogP contribution in [0.15, 0.2) is 29.3 Å². The van der Waals surface area contributed by atoms with Crippen LogP contribution in [0.4, 0.5) is 15.8 Å². The van der Waals surface area contributed by atoms with Gasteiger partial charge in [-0.3, -0.25) is 9.36 Å². The molecule has 0 spiro atoms. The van der Waals surface area contributed by atoms with Gasteiger partial charge in [-0.1, -0.05) is 0 Å². The molecule has 0 radical (unpaired) electrons. The third-order valence-electron chi connectivity index (χ3n) is 2.94. The van der Waals surface area contributed by atoms with Crippen molar-refractivity contribution in [3.8, 4) is 0 Å². The Morgan fingerprint density at radius 3 is 2.86 bits per heavy atom. The van der Waals surface area contributed by atoms with E-state index in [1.54, 1.807) is 7.05 Å². The molecule has 7 nitrogen and oxygen atoms in total. The second kappa shape index (κ2) is 6.21. The van der Waals surface area contributed by atoms with E-state index in [0.717, 1.165) is 0 Å². The number of nitrogen functional groups attached to an aromatic ring is 1. The van der Waals surface area contributed by atoms with Crippen molar-refractivity contribution in [1.82, 2.24) is 14.3 Å². The highest BCUT2D eigenvalue weighted by molar-refractivity contribution is 5.91. The molecule has 21 heavy (non-hydrogen) atoms. The quantitative estimate of drug-likeness (QED) is 0.794. The first-order valence-corrected chi connectivity index (χ1v) is 6.40. The number of benzene rings is 1. The number of nitrogens with one attached hydrogen (secondary N) is 1. The summed E-state index contributed by atoms with van der Waals surface area (Å²) in [5.74, 6) is -0.757. The van der Waals surface area contributed by atoms with Crippen LogP contribution in [-0.2, 0) is 18.4 Å². The lowest BCUT2D eigenvalue weighted by atomic mass is 10.2. The minimum Gasteiger partial charge on any atom is -0.396 e. The minimum absolute atomic E-state index is 0.0205. The average Bonchev–Trinajstić information content (AvgIpc) is 2.75. The number of carbonyl (C=O) groups is 1. The summed E-state index contributed by atoms with van der Waals surface area (Å²) in [7, 11) is 1.61. The first kappa shape index (κ1) is 14.8. The average molecular weight is 293 g/mol. The Morgan fingerprint density at radius 2 is 2.24 bits per heavy atom. The number of carbonyl (C=O) groups excluding carboxylic acids is 1. The van der Waals surface area contributed by atoms with Gasteiger partial charge < -0.3 is 11.1 Å². The standard InChI is InChI=1S/C13H16FN5O2/c1-18-8-16-19(13(18)21)6-2-3-12(20)17-9-4-5-10(14)11(15)7-9/h4-5,7-8H,2-3,6,15H2,1H3,(H,17,20). The normalized spacial score (nSPS) is 10.6. The molecule has 0 aliphatic carbocycles. The molecule has 112 valence electrons. The molecule has 0 aliphatic heterocycles. The fourth-order valence-corrected chi connectivity index (χ4v) is 1.81. The largest absolute Gasteiger partial charge is 0.396 e. The van der Waals surface area contributed by atoms with Gasteiger partial charge in [0.1, 0.15) is 12.1 Å². The second-order valence-corrected chi connectivity index (χ2v) is 4.64. The minimum atomic E-state index is -0.525. The highest BCUT2D eigenvalue weighted by Crippen LogP contribution is 2.16. The smallest absolute Gasteiger partial charge is 0.345 e. The van der Waals surface area contributed by atoms with Crippen molar-refractivity contribution in [2.24, 2.45) is 7.05 Å². The molecule has 1 amide bonds. The van der Waals surface area contributed by atoms with E-state index in [1.165, 1.54) is 33.8 Å². The summed E-state index contributed by atoms with van der Waals surface area (Å²) < 4.78 is 15.6. The van der Waals surface area contributed by atoms with Gasteiger partial charge in [0.05, 0.1) is 5.69 Å². The van der Waals surface area contributed by atoms with Crippen molar-refractivity contribution in [3.63, 3.8) is 0 Å². The van der Waals surface area contributed by atoms with Gasteiger partial charge in [-0.2, -0.15) is 5.10 Å². The number of amides is 1. The van der Waals surface area contributed by atoms with Crippen LogP contribution in [0.5, 0.6) is 0 Å². The molecular weight excluding hydrogens is 277 g/mol. The molecule has 0 atom stereocenters. The number of rotatable bonds is 5. The fraction of sp³-hybridized carbons (Fsp3) is 0.308. The molecule has 0 aliphatic rings. The van der Waals surface area contributed by atoms with Crippen molar-refractivity contribution in [2.45, 2.75) is 19.4 Å². The molecule has 0 saturated carbocycles. The van der Waals surface area contributed by atoms with Gasteiger partial charge in [-0.25, -0.2) is 13.9 Å². The molecule has 0 fully saturated rings. The van der Waals surface area contributed by atoms with Gasteiger partial charge in [0, 0.05) is 25.7 Å². The number of anilines is 2. The molecular formula is C13H16FN5O2. The summed E-state index contributed by atoms with van der Waals surface area (Å²) >= 11 is 0. The van der Waals surface area contributed by atoms with Crippen LogP contribution in [0, 0.1) is 5.82 Å². The molecule has 0 saturated heterocycles. The Hall–Kier alpha value is -2.64. The van der Waals surface area contributed by atoms with Crippen LogP contribution in [0.2, 0.25) is 0 Å². The Morgan fingerprint density at radius 1 is 1.48 bits per heavy atom. The van der Waals surface area contributed by atoms with E-state index in [1.807, 2.05) is 0 Å². The lowest BCUT2D eigenvalue weighted by Gasteiger charge is -2.06. The monoisotopic (exact) mass is 293 g/mol.